The zero-order chi connectivity index (χ0) is 20.3. The van der Waals surface area contributed by atoms with Gasteiger partial charge in [-0.1, -0.05) is 24.3 Å². The standard InChI is InChI=1S/C21H21N5O2S2/c29-21(23-13-5-2-1-3-6-13)26-16-12-28-18-15(11-27-19(16)18)25-20-22-9-8-14(24-20)17-7-4-10-30-17/h1-10,15-16,18-19H,11-12H2,(H,22,24,25)(H2,23,26,29)/t15-,16-,18+,19+/m0/s1. The van der Waals surface area contributed by atoms with Crippen molar-refractivity contribution in [3.05, 3.63) is 60.1 Å². The molecule has 2 saturated heterocycles. The minimum atomic E-state index is -0.0870. The lowest BCUT2D eigenvalue weighted by atomic mass is 10.1. The molecule has 5 rings (SSSR count). The molecule has 2 aliphatic rings. The summed E-state index contributed by atoms with van der Waals surface area (Å²) in [6, 6.07) is 15.8. The molecule has 2 fully saturated rings. The highest BCUT2D eigenvalue weighted by molar-refractivity contribution is 7.80. The van der Waals surface area contributed by atoms with Crippen molar-refractivity contribution in [3.8, 4) is 10.6 Å². The Hall–Kier alpha value is -2.59. The van der Waals surface area contributed by atoms with Gasteiger partial charge >= 0.3 is 0 Å². The summed E-state index contributed by atoms with van der Waals surface area (Å²) in [7, 11) is 0. The van der Waals surface area contributed by atoms with E-state index < -0.39 is 0 Å². The number of ether oxygens (including phenoxy) is 2. The molecule has 0 spiro atoms. The first kappa shape index (κ1) is 19.4. The fraction of sp³-hybridized carbons (Fsp3) is 0.286. The second-order valence-corrected chi connectivity index (χ2v) is 8.52. The van der Waals surface area contributed by atoms with Crippen molar-refractivity contribution in [2.75, 3.05) is 23.8 Å². The van der Waals surface area contributed by atoms with Gasteiger partial charge in [0.05, 0.1) is 35.9 Å². The van der Waals surface area contributed by atoms with Crippen molar-refractivity contribution in [2.45, 2.75) is 24.3 Å². The van der Waals surface area contributed by atoms with Gasteiger partial charge in [0.1, 0.15) is 12.2 Å². The van der Waals surface area contributed by atoms with Crippen LogP contribution in [0.5, 0.6) is 0 Å². The van der Waals surface area contributed by atoms with Gasteiger partial charge in [0, 0.05) is 11.9 Å². The van der Waals surface area contributed by atoms with Crippen LogP contribution >= 0.6 is 23.6 Å². The second kappa shape index (κ2) is 8.65. The molecular weight excluding hydrogens is 418 g/mol. The lowest BCUT2D eigenvalue weighted by molar-refractivity contribution is 0.0689. The minimum Gasteiger partial charge on any atom is -0.371 e. The molecule has 3 aromatic rings. The van der Waals surface area contributed by atoms with Gasteiger partial charge < -0.3 is 25.4 Å². The molecule has 0 aliphatic carbocycles. The van der Waals surface area contributed by atoms with Crippen molar-refractivity contribution in [3.63, 3.8) is 0 Å². The highest BCUT2D eigenvalue weighted by atomic mass is 32.1. The first-order valence-corrected chi connectivity index (χ1v) is 11.0. The third-order valence-corrected chi connectivity index (χ3v) is 6.26. The second-order valence-electron chi connectivity index (χ2n) is 7.16. The lowest BCUT2D eigenvalue weighted by Crippen LogP contribution is -2.46. The average Bonchev–Trinajstić information content (AvgIpc) is 3.50. The van der Waals surface area contributed by atoms with Crippen LogP contribution in [0.1, 0.15) is 0 Å². The van der Waals surface area contributed by atoms with E-state index in [0.717, 1.165) is 16.3 Å². The molecule has 30 heavy (non-hydrogen) atoms. The number of nitrogens with zero attached hydrogens (tertiary/aromatic N) is 2. The fourth-order valence-corrected chi connectivity index (χ4v) is 4.72. The Balaban J connectivity index is 1.20. The number of fused-ring (bicyclic) bond motifs is 1. The van der Waals surface area contributed by atoms with E-state index in [1.54, 1.807) is 17.5 Å². The predicted octanol–water partition coefficient (Wildman–Crippen LogP) is 3.14. The zero-order valence-electron chi connectivity index (χ0n) is 16.0. The van der Waals surface area contributed by atoms with E-state index in [1.807, 2.05) is 53.9 Å². The molecule has 2 aromatic heterocycles. The quantitative estimate of drug-likeness (QED) is 0.523. The summed E-state index contributed by atoms with van der Waals surface area (Å²) in [5.41, 5.74) is 1.85. The van der Waals surface area contributed by atoms with E-state index in [-0.39, 0.29) is 24.3 Å². The Morgan fingerprint density at radius 3 is 2.60 bits per heavy atom. The van der Waals surface area contributed by atoms with Crippen LogP contribution in [0.2, 0.25) is 0 Å². The van der Waals surface area contributed by atoms with Crippen LogP contribution in [0.15, 0.2) is 60.1 Å². The number of benzene rings is 1. The molecule has 0 saturated carbocycles. The van der Waals surface area contributed by atoms with E-state index in [9.17, 15) is 0 Å². The highest BCUT2D eigenvalue weighted by Crippen LogP contribution is 2.29. The van der Waals surface area contributed by atoms with Crippen molar-refractivity contribution in [1.29, 1.82) is 0 Å². The number of aromatic nitrogens is 2. The van der Waals surface area contributed by atoms with Gasteiger partial charge in [-0.05, 0) is 41.9 Å². The number of anilines is 2. The summed E-state index contributed by atoms with van der Waals surface area (Å²) in [6.07, 6.45) is 1.60. The maximum Gasteiger partial charge on any atom is 0.223 e. The van der Waals surface area contributed by atoms with E-state index in [2.05, 4.69) is 25.9 Å². The van der Waals surface area contributed by atoms with Crippen LogP contribution in [-0.2, 0) is 9.47 Å². The van der Waals surface area contributed by atoms with Gasteiger partial charge in [-0.3, -0.25) is 0 Å². The monoisotopic (exact) mass is 439 g/mol. The highest BCUT2D eigenvalue weighted by Gasteiger charge is 2.48. The van der Waals surface area contributed by atoms with Crippen molar-refractivity contribution >= 4 is 40.3 Å². The van der Waals surface area contributed by atoms with E-state index in [1.165, 1.54) is 0 Å². The molecular formula is C21H21N5O2S2. The van der Waals surface area contributed by atoms with Crippen LogP contribution in [-0.4, -0.2) is 52.6 Å². The number of para-hydroxylation sites is 1. The van der Waals surface area contributed by atoms with Gasteiger partial charge in [0.15, 0.2) is 5.11 Å². The Morgan fingerprint density at radius 2 is 1.80 bits per heavy atom. The maximum absolute atomic E-state index is 6.04. The normalized spacial score (nSPS) is 24.9. The Labute approximate surface area is 183 Å². The SMILES string of the molecule is S=C(Nc1ccccc1)N[C@H]1CO[C@H]2[C@@H]1OC[C@@H]2Nc1nccc(-c2cccs2)n1. The van der Waals surface area contributed by atoms with Crippen molar-refractivity contribution in [1.82, 2.24) is 15.3 Å². The van der Waals surface area contributed by atoms with Crippen LogP contribution in [0.3, 0.4) is 0 Å². The predicted molar refractivity (Wildman–Crippen MR) is 122 cm³/mol. The molecule has 9 heteroatoms. The van der Waals surface area contributed by atoms with Crippen LogP contribution < -0.4 is 16.0 Å². The van der Waals surface area contributed by atoms with E-state index in [4.69, 9.17) is 21.7 Å². The first-order valence-electron chi connectivity index (χ1n) is 9.75. The molecule has 3 N–H and O–H groups in total. The summed E-state index contributed by atoms with van der Waals surface area (Å²) < 4.78 is 12.1. The maximum atomic E-state index is 6.04. The third-order valence-electron chi connectivity index (χ3n) is 5.15. The molecule has 2 aliphatic heterocycles. The van der Waals surface area contributed by atoms with Gasteiger partial charge in [-0.2, -0.15) is 0 Å². The summed E-state index contributed by atoms with van der Waals surface area (Å²) in [5, 5.41) is 12.5. The molecule has 0 unspecified atom stereocenters. The molecule has 0 bridgehead atoms. The largest absolute Gasteiger partial charge is 0.371 e. The zero-order valence-corrected chi connectivity index (χ0v) is 17.7. The number of thiophene rings is 1. The summed E-state index contributed by atoms with van der Waals surface area (Å²) in [6.45, 7) is 1.05. The number of rotatable bonds is 5. The van der Waals surface area contributed by atoms with Crippen LogP contribution in [0.4, 0.5) is 11.6 Å². The van der Waals surface area contributed by atoms with E-state index >= 15 is 0 Å². The van der Waals surface area contributed by atoms with Gasteiger partial charge in [-0.25, -0.2) is 9.97 Å². The topological polar surface area (TPSA) is 80.3 Å². The third kappa shape index (κ3) is 4.15. The van der Waals surface area contributed by atoms with Gasteiger partial charge in [-0.15, -0.1) is 11.3 Å². The van der Waals surface area contributed by atoms with Crippen LogP contribution in [0, 0.1) is 0 Å². The smallest absolute Gasteiger partial charge is 0.223 e. The summed E-state index contributed by atoms with van der Waals surface area (Å²) in [4.78, 5) is 10.1. The molecule has 7 nitrogen and oxygen atoms in total. The number of thiocarbonyl (C=S) groups is 1. The molecule has 1 aromatic carbocycles. The fourth-order valence-electron chi connectivity index (χ4n) is 3.76. The minimum absolute atomic E-state index is 0.0103. The Bertz CT molecular complexity index is 1000. The number of hydrogen-bond donors (Lipinski definition) is 3. The summed E-state index contributed by atoms with van der Waals surface area (Å²) >= 11 is 7.11. The Kier molecular flexibility index (Phi) is 5.58. The lowest BCUT2D eigenvalue weighted by Gasteiger charge is -2.20. The average molecular weight is 440 g/mol. The molecule has 4 heterocycles. The molecule has 4 atom stereocenters. The van der Waals surface area contributed by atoms with E-state index in [0.29, 0.717) is 24.3 Å². The molecule has 154 valence electrons. The Morgan fingerprint density at radius 1 is 1.00 bits per heavy atom. The van der Waals surface area contributed by atoms with Gasteiger partial charge in [0.2, 0.25) is 5.95 Å². The van der Waals surface area contributed by atoms with Crippen LogP contribution in [0.25, 0.3) is 10.6 Å². The van der Waals surface area contributed by atoms with Gasteiger partial charge in [0.25, 0.3) is 0 Å². The van der Waals surface area contributed by atoms with Crippen molar-refractivity contribution in [2.24, 2.45) is 0 Å². The number of hydrogen-bond acceptors (Lipinski definition) is 7. The number of nitrogens with one attached hydrogen (secondary N) is 3. The molecule has 0 amide bonds. The summed E-state index contributed by atoms with van der Waals surface area (Å²) in [5.74, 6) is 0.580. The first-order chi connectivity index (χ1) is 14.8. The van der Waals surface area contributed by atoms with Crippen molar-refractivity contribution < 1.29 is 9.47 Å². The molecule has 0 radical (unpaired) electrons.